The summed E-state index contributed by atoms with van der Waals surface area (Å²) in [6, 6.07) is 0. The molecule has 0 amide bonds. The molecule has 1 unspecified atom stereocenters. The second kappa shape index (κ2) is 66.3. The summed E-state index contributed by atoms with van der Waals surface area (Å²) in [5, 5.41) is 0. The molecular weight excluding hydrogens is 973 g/mol. The van der Waals surface area contributed by atoms with Crippen molar-refractivity contribution < 1.29 is 28.6 Å². The fraction of sp³-hybridized carbons (Fsp3) is 0.685. The quantitative estimate of drug-likeness (QED) is 0.0261. The lowest BCUT2D eigenvalue weighted by Gasteiger charge is -2.18. The molecule has 0 aliphatic heterocycles. The number of carbonyl (C=O) groups is 3. The van der Waals surface area contributed by atoms with Crippen molar-refractivity contribution in [2.75, 3.05) is 13.2 Å². The van der Waals surface area contributed by atoms with Gasteiger partial charge in [0, 0.05) is 19.3 Å². The second-order valence-corrected chi connectivity index (χ2v) is 21.6. The van der Waals surface area contributed by atoms with Crippen LogP contribution < -0.4 is 0 Å². The average molecular weight is 1100 g/mol. The number of unbranched alkanes of at least 4 members (excludes halogenated alkanes) is 28. The van der Waals surface area contributed by atoms with Crippen LogP contribution in [0, 0.1) is 0 Å². The first-order chi connectivity index (χ1) is 39.0. The molecule has 0 rings (SSSR count). The topological polar surface area (TPSA) is 78.9 Å². The molecule has 0 aromatic heterocycles. The summed E-state index contributed by atoms with van der Waals surface area (Å²) in [6.45, 7) is 6.50. The van der Waals surface area contributed by atoms with Crippen LogP contribution in [0.2, 0.25) is 0 Å². The highest BCUT2D eigenvalue weighted by molar-refractivity contribution is 5.71. The van der Waals surface area contributed by atoms with E-state index in [0.717, 1.165) is 141 Å². The largest absolute Gasteiger partial charge is 0.462 e. The van der Waals surface area contributed by atoms with Crippen LogP contribution in [0.5, 0.6) is 0 Å². The minimum atomic E-state index is -0.798. The zero-order valence-corrected chi connectivity index (χ0v) is 51.6. The third-order valence-corrected chi connectivity index (χ3v) is 13.9. The molecule has 0 fully saturated rings. The Labute approximate surface area is 488 Å². The normalized spacial score (nSPS) is 12.9. The maximum absolute atomic E-state index is 12.9. The Morgan fingerprint density at radius 2 is 0.494 bits per heavy atom. The van der Waals surface area contributed by atoms with E-state index in [1.807, 2.05) is 0 Å². The minimum absolute atomic E-state index is 0.0927. The van der Waals surface area contributed by atoms with E-state index in [0.29, 0.717) is 19.3 Å². The minimum Gasteiger partial charge on any atom is -0.462 e. The van der Waals surface area contributed by atoms with E-state index in [9.17, 15) is 14.4 Å². The zero-order valence-electron chi connectivity index (χ0n) is 51.6. The molecule has 0 aliphatic carbocycles. The Hall–Kier alpha value is -4.19. The number of ether oxygens (including phenoxy) is 3. The van der Waals surface area contributed by atoms with E-state index in [1.54, 1.807) is 0 Å². The van der Waals surface area contributed by atoms with Crippen molar-refractivity contribution in [3.05, 3.63) is 122 Å². The van der Waals surface area contributed by atoms with Gasteiger partial charge >= 0.3 is 17.9 Å². The van der Waals surface area contributed by atoms with Gasteiger partial charge in [0.1, 0.15) is 13.2 Å². The lowest BCUT2D eigenvalue weighted by atomic mass is 10.1. The van der Waals surface area contributed by atoms with E-state index in [4.69, 9.17) is 14.2 Å². The molecule has 0 aromatic rings. The molecule has 0 bridgehead atoms. The van der Waals surface area contributed by atoms with Gasteiger partial charge in [0.2, 0.25) is 0 Å². The summed E-state index contributed by atoms with van der Waals surface area (Å²) in [7, 11) is 0. The van der Waals surface area contributed by atoms with Crippen molar-refractivity contribution in [2.45, 2.75) is 309 Å². The van der Waals surface area contributed by atoms with Crippen molar-refractivity contribution in [1.29, 1.82) is 0 Å². The maximum atomic E-state index is 12.9. The van der Waals surface area contributed by atoms with Gasteiger partial charge < -0.3 is 14.2 Å². The molecule has 0 saturated carbocycles. The highest BCUT2D eigenvalue weighted by atomic mass is 16.6. The molecule has 0 aliphatic rings. The van der Waals surface area contributed by atoms with E-state index in [-0.39, 0.29) is 31.1 Å². The van der Waals surface area contributed by atoms with Crippen molar-refractivity contribution in [3.63, 3.8) is 0 Å². The van der Waals surface area contributed by atoms with Crippen LogP contribution in [0.25, 0.3) is 0 Å². The molecule has 1 atom stereocenters. The number of hydrogen-bond donors (Lipinski definition) is 0. The number of carbonyl (C=O) groups excluding carboxylic acids is 3. The predicted octanol–water partition coefficient (Wildman–Crippen LogP) is 22.8. The van der Waals surface area contributed by atoms with E-state index in [2.05, 4.69) is 142 Å². The summed E-state index contributed by atoms with van der Waals surface area (Å²) in [5.74, 6) is -0.919. The van der Waals surface area contributed by atoms with E-state index >= 15 is 0 Å². The number of esters is 3. The summed E-state index contributed by atoms with van der Waals surface area (Å²) in [5.41, 5.74) is 0. The van der Waals surface area contributed by atoms with Gasteiger partial charge in [0.25, 0.3) is 0 Å². The number of rotatable bonds is 59. The fourth-order valence-corrected chi connectivity index (χ4v) is 8.98. The molecule has 0 spiro atoms. The highest BCUT2D eigenvalue weighted by Crippen LogP contribution is 2.15. The third-order valence-electron chi connectivity index (χ3n) is 13.9. The number of allylic oxidation sites excluding steroid dienone is 20. The first kappa shape index (κ1) is 74.8. The Morgan fingerprint density at radius 1 is 0.266 bits per heavy atom. The summed E-state index contributed by atoms with van der Waals surface area (Å²) in [4.78, 5) is 38.3. The monoisotopic (exact) mass is 1090 g/mol. The summed E-state index contributed by atoms with van der Waals surface area (Å²) < 4.78 is 16.9. The molecule has 0 N–H and O–H groups in total. The van der Waals surface area contributed by atoms with Gasteiger partial charge in [-0.05, 0) is 135 Å². The second-order valence-electron chi connectivity index (χ2n) is 21.6. The summed E-state index contributed by atoms with van der Waals surface area (Å²) >= 11 is 0. The smallest absolute Gasteiger partial charge is 0.306 e. The van der Waals surface area contributed by atoms with Crippen LogP contribution in [-0.2, 0) is 28.6 Å². The molecule has 0 aromatic carbocycles. The zero-order chi connectivity index (χ0) is 57.1. The van der Waals surface area contributed by atoms with Crippen molar-refractivity contribution in [2.24, 2.45) is 0 Å². The highest BCUT2D eigenvalue weighted by Gasteiger charge is 2.19. The summed E-state index contributed by atoms with van der Waals surface area (Å²) in [6.07, 6.45) is 92.0. The standard InChI is InChI=1S/C73H122O6/c1-4-7-10-13-16-19-22-25-28-31-32-33-34-35-36-37-38-39-40-41-42-43-46-48-51-54-57-60-63-66-72(75)78-69-70(79-73(76)67-64-61-58-55-52-49-45-30-27-24-21-18-15-12-9-6-3)68-77-71(74)65-62-59-56-53-50-47-44-29-26-23-20-17-14-11-8-5-2/h7,10,16,19,21,24-25,28-30,32-33,35-36,38-39,41-42,44-45,70H,4-6,8-9,11-15,17-18,20,22-23,26-27,31,34,37,40,43,46-69H2,1-3H3/b10-7-,19-16-,24-21-,28-25-,33-32-,36-35-,39-38-,42-41-,44-29-,45-30-. The van der Waals surface area contributed by atoms with Gasteiger partial charge in [-0.1, -0.05) is 271 Å². The average Bonchev–Trinajstić information content (AvgIpc) is 3.45. The van der Waals surface area contributed by atoms with E-state index < -0.39 is 6.10 Å². The van der Waals surface area contributed by atoms with Gasteiger partial charge in [-0.3, -0.25) is 14.4 Å². The molecule has 0 heterocycles. The van der Waals surface area contributed by atoms with Crippen LogP contribution in [0.15, 0.2) is 122 Å². The fourth-order valence-electron chi connectivity index (χ4n) is 8.98. The Kier molecular flexibility index (Phi) is 62.8. The lowest BCUT2D eigenvalue weighted by molar-refractivity contribution is -0.167. The molecular formula is C73H122O6. The molecule has 450 valence electrons. The first-order valence-electron chi connectivity index (χ1n) is 33.0. The molecule has 6 nitrogen and oxygen atoms in total. The van der Waals surface area contributed by atoms with Gasteiger partial charge in [0.15, 0.2) is 6.10 Å². The maximum Gasteiger partial charge on any atom is 0.306 e. The molecule has 79 heavy (non-hydrogen) atoms. The Balaban J connectivity index is 4.38. The van der Waals surface area contributed by atoms with Gasteiger partial charge in [-0.2, -0.15) is 0 Å². The van der Waals surface area contributed by atoms with Crippen molar-refractivity contribution in [3.8, 4) is 0 Å². The third kappa shape index (κ3) is 64.5. The van der Waals surface area contributed by atoms with Crippen LogP contribution in [0.4, 0.5) is 0 Å². The van der Waals surface area contributed by atoms with Gasteiger partial charge in [-0.15, -0.1) is 0 Å². The molecule has 6 heteroatoms. The Bertz CT molecular complexity index is 1640. The van der Waals surface area contributed by atoms with Gasteiger partial charge in [0.05, 0.1) is 0 Å². The van der Waals surface area contributed by atoms with Crippen LogP contribution in [0.1, 0.15) is 303 Å². The van der Waals surface area contributed by atoms with Crippen molar-refractivity contribution >= 4 is 17.9 Å². The van der Waals surface area contributed by atoms with Gasteiger partial charge in [-0.25, -0.2) is 0 Å². The van der Waals surface area contributed by atoms with Crippen LogP contribution in [-0.4, -0.2) is 37.2 Å². The first-order valence-corrected chi connectivity index (χ1v) is 33.0. The van der Waals surface area contributed by atoms with Crippen LogP contribution >= 0.6 is 0 Å². The number of hydrogen-bond acceptors (Lipinski definition) is 6. The lowest BCUT2D eigenvalue weighted by Crippen LogP contribution is -2.30. The molecule has 0 saturated heterocycles. The molecule has 0 radical (unpaired) electrons. The Morgan fingerprint density at radius 3 is 0.797 bits per heavy atom. The van der Waals surface area contributed by atoms with Crippen LogP contribution in [0.3, 0.4) is 0 Å². The van der Waals surface area contributed by atoms with Crippen molar-refractivity contribution in [1.82, 2.24) is 0 Å². The SMILES string of the molecule is CC/C=C\C/C=C\C/C=C\C/C=C\C/C=C\C/C=C\C/C=C\CCCCCCCCCC(=O)OCC(COC(=O)CCCCCCC/C=C\CCCCCCCCC)OC(=O)CCCCCCC/C=C\C/C=C\CCCCCC. The predicted molar refractivity (Wildman–Crippen MR) is 343 cm³/mol. The van der Waals surface area contributed by atoms with E-state index in [1.165, 1.54) is 122 Å².